The lowest BCUT2D eigenvalue weighted by molar-refractivity contribution is 0.311. The average molecular weight is 223 g/mol. The molecular formula is C13H21NO2. The molecule has 3 nitrogen and oxygen atoms in total. The van der Waals surface area contributed by atoms with Crippen molar-refractivity contribution in [1.82, 2.24) is 0 Å². The van der Waals surface area contributed by atoms with Crippen LogP contribution in [-0.2, 0) is 0 Å². The number of nitrogens with one attached hydrogen (secondary N) is 1. The van der Waals surface area contributed by atoms with Gasteiger partial charge in [0.25, 0.3) is 0 Å². The van der Waals surface area contributed by atoms with Crippen LogP contribution in [0.15, 0.2) is 18.2 Å². The third-order valence-electron chi connectivity index (χ3n) is 2.49. The number of ether oxygens (including phenoxy) is 2. The summed E-state index contributed by atoms with van der Waals surface area (Å²) in [6, 6.07) is 6.38. The molecular weight excluding hydrogens is 202 g/mol. The van der Waals surface area contributed by atoms with Crippen LogP contribution in [0.5, 0.6) is 11.5 Å². The summed E-state index contributed by atoms with van der Waals surface area (Å²) in [6.07, 6.45) is 1.09. The first-order valence-corrected chi connectivity index (χ1v) is 5.78. The summed E-state index contributed by atoms with van der Waals surface area (Å²) in [5.41, 5.74) is 1.07. The first-order valence-electron chi connectivity index (χ1n) is 5.78. The number of anilines is 1. The molecule has 3 heteroatoms. The van der Waals surface area contributed by atoms with Crippen LogP contribution in [0.4, 0.5) is 5.69 Å². The molecule has 0 fully saturated rings. The zero-order valence-electron chi connectivity index (χ0n) is 10.5. The molecule has 1 aromatic carbocycles. The summed E-state index contributed by atoms with van der Waals surface area (Å²) < 4.78 is 10.8. The van der Waals surface area contributed by atoms with Crippen LogP contribution < -0.4 is 14.8 Å². The zero-order chi connectivity index (χ0) is 12.0. The summed E-state index contributed by atoms with van der Waals surface area (Å²) >= 11 is 0. The smallest absolute Gasteiger partial charge is 0.163 e. The van der Waals surface area contributed by atoms with Crippen molar-refractivity contribution in [2.75, 3.05) is 19.0 Å². The van der Waals surface area contributed by atoms with Gasteiger partial charge in [0.1, 0.15) is 0 Å². The van der Waals surface area contributed by atoms with Crippen molar-refractivity contribution >= 4 is 5.69 Å². The van der Waals surface area contributed by atoms with Gasteiger partial charge in [0.05, 0.1) is 13.7 Å². The Labute approximate surface area is 97.8 Å². The standard InChI is InChI=1S/C13H21NO2/c1-5-10(3)14-11-7-8-12(15-4)13(9-11)16-6-2/h7-10,14H,5-6H2,1-4H3. The molecule has 0 aromatic heterocycles. The van der Waals surface area contributed by atoms with Crippen LogP contribution in [0.1, 0.15) is 27.2 Å². The molecule has 1 unspecified atom stereocenters. The van der Waals surface area contributed by atoms with E-state index in [1.807, 2.05) is 25.1 Å². The van der Waals surface area contributed by atoms with Crippen LogP contribution in [0, 0.1) is 0 Å². The molecule has 90 valence electrons. The lowest BCUT2D eigenvalue weighted by atomic mass is 10.2. The first-order chi connectivity index (χ1) is 7.71. The van der Waals surface area contributed by atoms with Crippen molar-refractivity contribution in [2.45, 2.75) is 33.2 Å². The lowest BCUT2D eigenvalue weighted by Gasteiger charge is -2.15. The van der Waals surface area contributed by atoms with Gasteiger partial charge in [-0.15, -0.1) is 0 Å². The monoisotopic (exact) mass is 223 g/mol. The average Bonchev–Trinajstić information content (AvgIpc) is 2.30. The van der Waals surface area contributed by atoms with Gasteiger partial charge < -0.3 is 14.8 Å². The third-order valence-corrected chi connectivity index (χ3v) is 2.49. The van der Waals surface area contributed by atoms with Crippen LogP contribution >= 0.6 is 0 Å². The SMILES string of the molecule is CCOc1cc(NC(C)CC)ccc1OC. The highest BCUT2D eigenvalue weighted by Gasteiger charge is 2.06. The van der Waals surface area contributed by atoms with Gasteiger partial charge in [-0.05, 0) is 32.4 Å². The van der Waals surface area contributed by atoms with E-state index < -0.39 is 0 Å². The van der Waals surface area contributed by atoms with Crippen LogP contribution in [0.3, 0.4) is 0 Å². The number of hydrogen-bond acceptors (Lipinski definition) is 3. The van der Waals surface area contributed by atoms with Crippen molar-refractivity contribution in [3.05, 3.63) is 18.2 Å². The quantitative estimate of drug-likeness (QED) is 0.802. The van der Waals surface area contributed by atoms with E-state index in [2.05, 4.69) is 19.2 Å². The Kier molecular flexibility index (Phi) is 4.96. The van der Waals surface area contributed by atoms with E-state index in [4.69, 9.17) is 9.47 Å². The fraction of sp³-hybridized carbons (Fsp3) is 0.538. The van der Waals surface area contributed by atoms with E-state index in [-0.39, 0.29) is 0 Å². The van der Waals surface area contributed by atoms with Crippen LogP contribution in [0.25, 0.3) is 0 Å². The second kappa shape index (κ2) is 6.26. The van der Waals surface area contributed by atoms with Gasteiger partial charge in [0.15, 0.2) is 11.5 Å². The highest BCUT2D eigenvalue weighted by Crippen LogP contribution is 2.30. The number of rotatable bonds is 6. The predicted octanol–water partition coefficient (Wildman–Crippen LogP) is 3.30. The number of hydrogen-bond donors (Lipinski definition) is 1. The van der Waals surface area contributed by atoms with Gasteiger partial charge >= 0.3 is 0 Å². The molecule has 0 saturated carbocycles. The maximum absolute atomic E-state index is 5.52. The fourth-order valence-corrected chi connectivity index (χ4v) is 1.42. The molecule has 0 amide bonds. The molecule has 1 rings (SSSR count). The summed E-state index contributed by atoms with van der Waals surface area (Å²) in [5.74, 6) is 1.56. The Balaban J connectivity index is 2.84. The molecule has 0 heterocycles. The number of benzene rings is 1. The van der Waals surface area contributed by atoms with Crippen molar-refractivity contribution in [3.63, 3.8) is 0 Å². The van der Waals surface area contributed by atoms with E-state index >= 15 is 0 Å². The van der Waals surface area contributed by atoms with E-state index in [1.165, 1.54) is 0 Å². The highest BCUT2D eigenvalue weighted by molar-refractivity contribution is 5.55. The van der Waals surface area contributed by atoms with Gasteiger partial charge in [-0.2, -0.15) is 0 Å². The Morgan fingerprint density at radius 3 is 2.56 bits per heavy atom. The van der Waals surface area contributed by atoms with Crippen molar-refractivity contribution in [1.29, 1.82) is 0 Å². The van der Waals surface area contributed by atoms with E-state index in [0.29, 0.717) is 12.6 Å². The largest absolute Gasteiger partial charge is 0.493 e. The van der Waals surface area contributed by atoms with E-state index in [9.17, 15) is 0 Å². The van der Waals surface area contributed by atoms with Gasteiger partial charge in [0, 0.05) is 17.8 Å². The molecule has 0 aliphatic carbocycles. The Bertz CT molecular complexity index is 326. The first kappa shape index (κ1) is 12.7. The van der Waals surface area contributed by atoms with Gasteiger partial charge in [-0.1, -0.05) is 6.92 Å². The molecule has 0 aliphatic rings. The maximum atomic E-state index is 5.52. The molecule has 0 radical (unpaired) electrons. The summed E-state index contributed by atoms with van der Waals surface area (Å²) in [4.78, 5) is 0. The highest BCUT2D eigenvalue weighted by atomic mass is 16.5. The molecule has 0 spiro atoms. The summed E-state index contributed by atoms with van der Waals surface area (Å²) in [5, 5.41) is 3.41. The molecule has 1 N–H and O–H groups in total. The Morgan fingerprint density at radius 2 is 2.00 bits per heavy atom. The molecule has 0 aliphatic heterocycles. The fourth-order valence-electron chi connectivity index (χ4n) is 1.42. The summed E-state index contributed by atoms with van der Waals surface area (Å²) in [6.45, 7) is 6.92. The van der Waals surface area contributed by atoms with Crippen LogP contribution in [-0.4, -0.2) is 19.8 Å². The molecule has 16 heavy (non-hydrogen) atoms. The minimum Gasteiger partial charge on any atom is -0.493 e. The van der Waals surface area contributed by atoms with Gasteiger partial charge in [-0.3, -0.25) is 0 Å². The van der Waals surface area contributed by atoms with E-state index in [1.54, 1.807) is 7.11 Å². The topological polar surface area (TPSA) is 30.5 Å². The van der Waals surface area contributed by atoms with Gasteiger partial charge in [-0.25, -0.2) is 0 Å². The Morgan fingerprint density at radius 1 is 1.25 bits per heavy atom. The second-order valence-corrected chi connectivity index (χ2v) is 3.75. The molecule has 1 atom stereocenters. The predicted molar refractivity (Wildman–Crippen MR) is 67.5 cm³/mol. The summed E-state index contributed by atoms with van der Waals surface area (Å²) in [7, 11) is 1.65. The van der Waals surface area contributed by atoms with Gasteiger partial charge in [0.2, 0.25) is 0 Å². The molecule has 1 aromatic rings. The van der Waals surface area contributed by atoms with Crippen molar-refractivity contribution in [2.24, 2.45) is 0 Å². The van der Waals surface area contributed by atoms with Crippen molar-refractivity contribution < 1.29 is 9.47 Å². The minimum atomic E-state index is 0.461. The van der Waals surface area contributed by atoms with E-state index in [0.717, 1.165) is 23.6 Å². The minimum absolute atomic E-state index is 0.461. The maximum Gasteiger partial charge on any atom is 0.163 e. The normalized spacial score (nSPS) is 12.0. The Hall–Kier alpha value is -1.38. The second-order valence-electron chi connectivity index (χ2n) is 3.75. The third kappa shape index (κ3) is 3.33. The van der Waals surface area contributed by atoms with Crippen molar-refractivity contribution in [3.8, 4) is 11.5 Å². The zero-order valence-corrected chi connectivity index (χ0v) is 10.5. The van der Waals surface area contributed by atoms with Crippen LogP contribution in [0.2, 0.25) is 0 Å². The molecule has 0 saturated heterocycles. The lowest BCUT2D eigenvalue weighted by Crippen LogP contribution is -2.13. The molecule has 0 bridgehead atoms. The number of methoxy groups -OCH3 is 1.